The molecule has 1 aromatic carbocycles. The second kappa shape index (κ2) is 4.72. The highest BCUT2D eigenvalue weighted by Crippen LogP contribution is 2.21. The van der Waals surface area contributed by atoms with Crippen molar-refractivity contribution in [3.05, 3.63) is 42.4 Å². The summed E-state index contributed by atoms with van der Waals surface area (Å²) >= 11 is 0. The second-order valence-corrected chi connectivity index (χ2v) is 3.33. The fraction of sp³-hybridized carbons (Fsp3) is 0.167. The summed E-state index contributed by atoms with van der Waals surface area (Å²) < 4.78 is 5.16. The summed E-state index contributed by atoms with van der Waals surface area (Å²) in [5, 5.41) is 0. The molecule has 2 N–H and O–H groups in total. The Bertz CT molecular complexity index is 440. The van der Waals surface area contributed by atoms with E-state index in [4.69, 9.17) is 10.5 Å². The Labute approximate surface area is 94.1 Å². The summed E-state index contributed by atoms with van der Waals surface area (Å²) in [4.78, 5) is 8.50. The van der Waals surface area contributed by atoms with Crippen molar-refractivity contribution in [2.24, 2.45) is 5.73 Å². The summed E-state index contributed by atoms with van der Waals surface area (Å²) in [6, 6.07) is 7.70. The van der Waals surface area contributed by atoms with Crippen LogP contribution in [-0.4, -0.2) is 17.1 Å². The second-order valence-electron chi connectivity index (χ2n) is 3.33. The van der Waals surface area contributed by atoms with Crippen molar-refractivity contribution < 1.29 is 4.74 Å². The topological polar surface area (TPSA) is 61.0 Å². The Kier molecular flexibility index (Phi) is 3.12. The van der Waals surface area contributed by atoms with E-state index in [2.05, 4.69) is 9.97 Å². The van der Waals surface area contributed by atoms with E-state index >= 15 is 0 Å². The summed E-state index contributed by atoms with van der Waals surface area (Å²) in [6.45, 7) is 0.394. The highest BCUT2D eigenvalue weighted by Gasteiger charge is 2.02. The Hall–Kier alpha value is -1.94. The average Bonchev–Trinajstić information content (AvgIpc) is 2.39. The summed E-state index contributed by atoms with van der Waals surface area (Å²) in [5.74, 6) is 0.803. The third-order valence-electron chi connectivity index (χ3n) is 2.26. The van der Waals surface area contributed by atoms with Crippen molar-refractivity contribution in [3.63, 3.8) is 0 Å². The molecule has 0 bridgehead atoms. The van der Waals surface area contributed by atoms with E-state index in [9.17, 15) is 0 Å². The third-order valence-corrected chi connectivity index (χ3v) is 2.26. The van der Waals surface area contributed by atoms with Crippen LogP contribution >= 0.6 is 0 Å². The SMILES string of the molecule is COc1cccc(-c2cncc(CN)n2)c1. The summed E-state index contributed by atoms with van der Waals surface area (Å²) in [6.07, 6.45) is 3.39. The van der Waals surface area contributed by atoms with Gasteiger partial charge in [-0.25, -0.2) is 4.98 Å². The molecule has 4 nitrogen and oxygen atoms in total. The Morgan fingerprint density at radius 1 is 1.31 bits per heavy atom. The number of nitrogens with zero attached hydrogens (tertiary/aromatic N) is 2. The molecule has 1 aromatic heterocycles. The number of rotatable bonds is 3. The average molecular weight is 215 g/mol. The molecule has 0 aliphatic rings. The van der Waals surface area contributed by atoms with E-state index in [1.54, 1.807) is 19.5 Å². The van der Waals surface area contributed by atoms with Gasteiger partial charge in [0.15, 0.2) is 0 Å². The number of benzene rings is 1. The minimum absolute atomic E-state index is 0.394. The molecule has 1 heterocycles. The first-order valence-electron chi connectivity index (χ1n) is 4.99. The molecule has 2 aromatic rings. The zero-order chi connectivity index (χ0) is 11.4. The van der Waals surface area contributed by atoms with Crippen LogP contribution in [0.4, 0.5) is 0 Å². The van der Waals surface area contributed by atoms with Gasteiger partial charge in [0.1, 0.15) is 5.75 Å². The molecule has 0 aliphatic carbocycles. The van der Waals surface area contributed by atoms with Gasteiger partial charge in [-0.1, -0.05) is 12.1 Å². The fourth-order valence-electron chi connectivity index (χ4n) is 1.43. The highest BCUT2D eigenvalue weighted by molar-refractivity contribution is 5.60. The maximum atomic E-state index is 5.53. The van der Waals surface area contributed by atoms with Gasteiger partial charge in [-0.05, 0) is 12.1 Å². The van der Waals surface area contributed by atoms with Crippen LogP contribution in [0.5, 0.6) is 5.75 Å². The maximum Gasteiger partial charge on any atom is 0.119 e. The number of ether oxygens (including phenoxy) is 1. The molecule has 0 spiro atoms. The van der Waals surface area contributed by atoms with Crippen molar-refractivity contribution in [3.8, 4) is 17.0 Å². The van der Waals surface area contributed by atoms with Crippen LogP contribution in [0.1, 0.15) is 5.69 Å². The summed E-state index contributed by atoms with van der Waals surface area (Å²) in [5.41, 5.74) is 8.09. The van der Waals surface area contributed by atoms with Gasteiger partial charge in [-0.3, -0.25) is 4.98 Å². The van der Waals surface area contributed by atoms with E-state index in [-0.39, 0.29) is 0 Å². The molecule has 82 valence electrons. The van der Waals surface area contributed by atoms with E-state index in [1.165, 1.54) is 0 Å². The fourth-order valence-corrected chi connectivity index (χ4v) is 1.43. The lowest BCUT2D eigenvalue weighted by Gasteiger charge is -2.04. The number of hydrogen-bond donors (Lipinski definition) is 1. The lowest BCUT2D eigenvalue weighted by atomic mass is 10.1. The zero-order valence-electron chi connectivity index (χ0n) is 9.05. The van der Waals surface area contributed by atoms with Crippen LogP contribution in [-0.2, 0) is 6.54 Å². The molecule has 2 rings (SSSR count). The van der Waals surface area contributed by atoms with Crippen LogP contribution in [0.2, 0.25) is 0 Å². The first kappa shape index (κ1) is 10.6. The predicted octanol–water partition coefficient (Wildman–Crippen LogP) is 1.61. The highest BCUT2D eigenvalue weighted by atomic mass is 16.5. The van der Waals surface area contributed by atoms with Gasteiger partial charge >= 0.3 is 0 Å². The molecule has 0 saturated carbocycles. The molecule has 0 amide bonds. The lowest BCUT2D eigenvalue weighted by molar-refractivity contribution is 0.415. The number of hydrogen-bond acceptors (Lipinski definition) is 4. The van der Waals surface area contributed by atoms with Crippen LogP contribution in [0.15, 0.2) is 36.7 Å². The zero-order valence-corrected chi connectivity index (χ0v) is 9.05. The molecule has 0 aliphatic heterocycles. The van der Waals surface area contributed by atoms with Crippen molar-refractivity contribution in [1.82, 2.24) is 9.97 Å². The quantitative estimate of drug-likeness (QED) is 0.845. The van der Waals surface area contributed by atoms with Gasteiger partial charge in [0, 0.05) is 18.3 Å². The number of methoxy groups -OCH3 is 1. The van der Waals surface area contributed by atoms with Gasteiger partial charge in [0.05, 0.1) is 24.7 Å². The van der Waals surface area contributed by atoms with E-state index < -0.39 is 0 Å². The predicted molar refractivity (Wildman–Crippen MR) is 61.9 cm³/mol. The van der Waals surface area contributed by atoms with Gasteiger partial charge in [0.25, 0.3) is 0 Å². The summed E-state index contributed by atoms with van der Waals surface area (Å²) in [7, 11) is 1.64. The molecule has 0 saturated heterocycles. The molecule has 16 heavy (non-hydrogen) atoms. The van der Waals surface area contributed by atoms with Crippen molar-refractivity contribution in [2.75, 3.05) is 7.11 Å². The maximum absolute atomic E-state index is 5.53. The van der Waals surface area contributed by atoms with Crippen LogP contribution < -0.4 is 10.5 Å². The number of nitrogens with two attached hydrogens (primary N) is 1. The van der Waals surface area contributed by atoms with E-state index in [0.717, 1.165) is 22.7 Å². The first-order chi connectivity index (χ1) is 7.83. The number of aromatic nitrogens is 2. The monoisotopic (exact) mass is 215 g/mol. The first-order valence-corrected chi connectivity index (χ1v) is 4.99. The molecular weight excluding hydrogens is 202 g/mol. The van der Waals surface area contributed by atoms with Gasteiger partial charge in [-0.15, -0.1) is 0 Å². The largest absolute Gasteiger partial charge is 0.497 e. The van der Waals surface area contributed by atoms with Gasteiger partial charge in [-0.2, -0.15) is 0 Å². The molecule has 4 heteroatoms. The molecule has 0 unspecified atom stereocenters. The Morgan fingerprint density at radius 3 is 2.94 bits per heavy atom. The van der Waals surface area contributed by atoms with E-state index in [1.807, 2.05) is 24.3 Å². The van der Waals surface area contributed by atoms with Crippen molar-refractivity contribution in [1.29, 1.82) is 0 Å². The molecule has 0 atom stereocenters. The third kappa shape index (κ3) is 2.17. The van der Waals surface area contributed by atoms with Crippen LogP contribution in [0.3, 0.4) is 0 Å². The van der Waals surface area contributed by atoms with Gasteiger partial charge < -0.3 is 10.5 Å². The minimum atomic E-state index is 0.394. The molecule has 0 radical (unpaired) electrons. The standard InChI is InChI=1S/C12H13N3O/c1-16-11-4-2-3-9(5-11)12-8-14-7-10(6-13)15-12/h2-5,7-8H,6,13H2,1H3. The molecular formula is C12H13N3O. The lowest BCUT2D eigenvalue weighted by Crippen LogP contribution is -2.01. The smallest absolute Gasteiger partial charge is 0.119 e. The molecule has 0 fully saturated rings. The van der Waals surface area contributed by atoms with Crippen molar-refractivity contribution >= 4 is 0 Å². The van der Waals surface area contributed by atoms with Crippen molar-refractivity contribution in [2.45, 2.75) is 6.54 Å². The van der Waals surface area contributed by atoms with E-state index in [0.29, 0.717) is 6.54 Å². The normalized spacial score (nSPS) is 10.1. The van der Waals surface area contributed by atoms with Crippen LogP contribution in [0, 0.1) is 0 Å². The van der Waals surface area contributed by atoms with Crippen LogP contribution in [0.25, 0.3) is 11.3 Å². The minimum Gasteiger partial charge on any atom is -0.497 e. The Morgan fingerprint density at radius 2 is 2.19 bits per heavy atom. The Balaban J connectivity index is 2.41. The van der Waals surface area contributed by atoms with Gasteiger partial charge in [0.2, 0.25) is 0 Å².